The van der Waals surface area contributed by atoms with Crippen molar-refractivity contribution in [1.82, 2.24) is 9.88 Å². The van der Waals surface area contributed by atoms with Crippen molar-refractivity contribution in [1.29, 1.82) is 0 Å². The van der Waals surface area contributed by atoms with Crippen molar-refractivity contribution in [3.05, 3.63) is 23.6 Å². The van der Waals surface area contributed by atoms with Gasteiger partial charge in [0.25, 0.3) is 5.91 Å². The minimum Gasteiger partial charge on any atom is -0.460 e. The summed E-state index contributed by atoms with van der Waals surface area (Å²) in [6, 6.07) is 3.45. The van der Waals surface area contributed by atoms with Crippen LogP contribution < -0.4 is 5.32 Å². The first-order valence-corrected chi connectivity index (χ1v) is 6.97. The smallest absolute Gasteiger partial charge is 0.355 e. The van der Waals surface area contributed by atoms with Crippen LogP contribution >= 0.6 is 0 Å². The number of amides is 1. The quantitative estimate of drug-likeness (QED) is 0.644. The molecule has 1 N–H and O–H groups in total. The number of furan rings is 1. The average Bonchev–Trinajstić information content (AvgIpc) is 2.97. The molecule has 1 amide bonds. The van der Waals surface area contributed by atoms with E-state index in [1.807, 2.05) is 13.0 Å². The van der Waals surface area contributed by atoms with Crippen LogP contribution in [0, 0.1) is 6.92 Å². The predicted molar refractivity (Wildman–Crippen MR) is 79.7 cm³/mol. The first-order chi connectivity index (χ1) is 10.4. The Morgan fingerprint density at radius 1 is 1.41 bits per heavy atom. The van der Waals surface area contributed by atoms with Crippen LogP contribution in [0.4, 0.5) is 0 Å². The van der Waals surface area contributed by atoms with Crippen molar-refractivity contribution in [2.75, 3.05) is 20.3 Å². The van der Waals surface area contributed by atoms with Gasteiger partial charge in [-0.25, -0.2) is 4.79 Å². The normalized spacial score (nSPS) is 12.4. The second-order valence-corrected chi connectivity index (χ2v) is 5.03. The number of methoxy groups -OCH3 is 1. The van der Waals surface area contributed by atoms with Crippen LogP contribution in [0.2, 0.25) is 0 Å². The van der Waals surface area contributed by atoms with Gasteiger partial charge in [0.2, 0.25) is 0 Å². The Balaban J connectivity index is 2.02. The van der Waals surface area contributed by atoms with Gasteiger partial charge in [-0.15, -0.1) is 0 Å². The number of rotatable bonds is 6. The summed E-state index contributed by atoms with van der Waals surface area (Å²) in [7, 11) is 3.29. The molecule has 0 saturated heterocycles. The summed E-state index contributed by atoms with van der Waals surface area (Å²) < 4.78 is 17.2. The van der Waals surface area contributed by atoms with Gasteiger partial charge in [-0.05, 0) is 13.8 Å². The standard InChI is InChI=1S/C15H20N2O5/c1-9-7-11-13(21-9)8-12(17(11)3)15(19)22-10(2)14(18)16-5-6-20-4/h7-8,10H,5-6H2,1-4H3,(H,16,18). The fraction of sp³-hybridized carbons (Fsp3) is 0.467. The number of hydrogen-bond acceptors (Lipinski definition) is 5. The molecular weight excluding hydrogens is 288 g/mol. The van der Waals surface area contributed by atoms with Gasteiger partial charge in [-0.2, -0.15) is 0 Å². The van der Waals surface area contributed by atoms with Crippen molar-refractivity contribution in [3.63, 3.8) is 0 Å². The highest BCUT2D eigenvalue weighted by molar-refractivity contribution is 5.95. The Kier molecular flexibility index (Phi) is 4.87. The van der Waals surface area contributed by atoms with E-state index in [9.17, 15) is 9.59 Å². The zero-order valence-corrected chi connectivity index (χ0v) is 13.1. The Morgan fingerprint density at radius 2 is 2.14 bits per heavy atom. The molecule has 0 fully saturated rings. The van der Waals surface area contributed by atoms with Gasteiger partial charge in [0.15, 0.2) is 11.7 Å². The summed E-state index contributed by atoms with van der Waals surface area (Å²) in [5.74, 6) is -0.161. The molecule has 2 aromatic rings. The minimum absolute atomic E-state index is 0.338. The van der Waals surface area contributed by atoms with E-state index >= 15 is 0 Å². The highest BCUT2D eigenvalue weighted by Gasteiger charge is 2.22. The summed E-state index contributed by atoms with van der Waals surface area (Å²) >= 11 is 0. The first-order valence-electron chi connectivity index (χ1n) is 6.97. The third-order valence-corrected chi connectivity index (χ3v) is 3.32. The van der Waals surface area contributed by atoms with Gasteiger partial charge >= 0.3 is 5.97 Å². The maximum atomic E-state index is 12.2. The predicted octanol–water partition coefficient (Wildman–Crippen LogP) is 1.39. The monoisotopic (exact) mass is 308 g/mol. The number of carbonyl (C=O) groups excluding carboxylic acids is 2. The summed E-state index contributed by atoms with van der Waals surface area (Å²) in [6.07, 6.45) is -0.882. The van der Waals surface area contributed by atoms with Gasteiger partial charge in [-0.3, -0.25) is 4.79 Å². The fourth-order valence-electron chi connectivity index (χ4n) is 2.13. The molecule has 0 aromatic carbocycles. The molecule has 0 bridgehead atoms. The Morgan fingerprint density at radius 3 is 2.77 bits per heavy atom. The third-order valence-electron chi connectivity index (χ3n) is 3.32. The lowest BCUT2D eigenvalue weighted by atomic mass is 10.3. The maximum Gasteiger partial charge on any atom is 0.355 e. The molecule has 7 heteroatoms. The van der Waals surface area contributed by atoms with Gasteiger partial charge in [-0.1, -0.05) is 0 Å². The Labute approximate surface area is 128 Å². The lowest BCUT2D eigenvalue weighted by Crippen LogP contribution is -2.37. The molecule has 1 atom stereocenters. The Hall–Kier alpha value is -2.28. The molecule has 2 aromatic heterocycles. The number of aryl methyl sites for hydroxylation is 2. The summed E-state index contributed by atoms with van der Waals surface area (Å²) in [5, 5.41) is 2.62. The largest absolute Gasteiger partial charge is 0.460 e. The first kappa shape index (κ1) is 16.1. The molecule has 120 valence electrons. The zero-order chi connectivity index (χ0) is 16.3. The van der Waals surface area contributed by atoms with Gasteiger partial charge in [0.1, 0.15) is 11.5 Å². The van der Waals surface area contributed by atoms with E-state index in [0.29, 0.717) is 24.4 Å². The summed E-state index contributed by atoms with van der Waals surface area (Å²) in [4.78, 5) is 23.9. The van der Waals surface area contributed by atoms with Crippen molar-refractivity contribution in [2.45, 2.75) is 20.0 Å². The summed E-state index contributed by atoms with van der Waals surface area (Å²) in [5.41, 5.74) is 1.76. The molecule has 0 aliphatic carbocycles. The van der Waals surface area contributed by atoms with E-state index in [-0.39, 0.29) is 5.91 Å². The molecule has 7 nitrogen and oxygen atoms in total. The highest BCUT2D eigenvalue weighted by atomic mass is 16.5. The van der Waals surface area contributed by atoms with Crippen LogP contribution in [0.3, 0.4) is 0 Å². The van der Waals surface area contributed by atoms with E-state index in [0.717, 1.165) is 11.3 Å². The van der Waals surface area contributed by atoms with E-state index in [1.54, 1.807) is 24.8 Å². The second-order valence-electron chi connectivity index (χ2n) is 5.03. The lowest BCUT2D eigenvalue weighted by molar-refractivity contribution is -0.129. The molecular formula is C15H20N2O5. The van der Waals surface area contributed by atoms with Crippen LogP contribution in [0.1, 0.15) is 23.2 Å². The number of esters is 1. The van der Waals surface area contributed by atoms with Crippen molar-refractivity contribution in [2.24, 2.45) is 7.05 Å². The van der Waals surface area contributed by atoms with Gasteiger partial charge in [0.05, 0.1) is 12.1 Å². The van der Waals surface area contributed by atoms with E-state index in [2.05, 4.69) is 5.32 Å². The molecule has 0 saturated carbocycles. The number of ether oxygens (including phenoxy) is 2. The van der Waals surface area contributed by atoms with E-state index in [1.165, 1.54) is 6.92 Å². The van der Waals surface area contributed by atoms with Crippen LogP contribution in [0.15, 0.2) is 16.5 Å². The van der Waals surface area contributed by atoms with Crippen molar-refractivity contribution < 1.29 is 23.5 Å². The number of fused-ring (bicyclic) bond motifs is 1. The molecule has 1 unspecified atom stereocenters. The topological polar surface area (TPSA) is 82.7 Å². The zero-order valence-electron chi connectivity index (χ0n) is 13.1. The second kappa shape index (κ2) is 6.65. The Bertz CT molecular complexity index is 685. The van der Waals surface area contributed by atoms with Crippen molar-refractivity contribution in [3.8, 4) is 0 Å². The molecule has 2 heterocycles. The third kappa shape index (κ3) is 3.30. The molecule has 0 spiro atoms. The highest BCUT2D eigenvalue weighted by Crippen LogP contribution is 2.23. The molecule has 0 aliphatic rings. The number of carbonyl (C=O) groups is 2. The molecule has 0 radical (unpaired) electrons. The number of nitrogens with zero attached hydrogens (tertiary/aromatic N) is 1. The summed E-state index contributed by atoms with van der Waals surface area (Å²) in [6.45, 7) is 4.13. The van der Waals surface area contributed by atoms with Crippen LogP contribution in [0.5, 0.6) is 0 Å². The van der Waals surface area contributed by atoms with Crippen LogP contribution in [-0.2, 0) is 21.3 Å². The average molecular weight is 308 g/mol. The minimum atomic E-state index is -0.882. The number of aromatic nitrogens is 1. The molecule has 0 aliphatic heterocycles. The lowest BCUT2D eigenvalue weighted by Gasteiger charge is -2.13. The SMILES string of the molecule is COCCNC(=O)C(C)OC(=O)c1cc2oc(C)cc2n1C. The van der Waals surface area contributed by atoms with Gasteiger partial charge < -0.3 is 23.8 Å². The molecule has 22 heavy (non-hydrogen) atoms. The van der Waals surface area contributed by atoms with E-state index < -0.39 is 12.1 Å². The van der Waals surface area contributed by atoms with Crippen LogP contribution in [0.25, 0.3) is 11.1 Å². The van der Waals surface area contributed by atoms with Gasteiger partial charge in [0, 0.05) is 32.8 Å². The number of nitrogens with one attached hydrogen (secondary N) is 1. The van der Waals surface area contributed by atoms with Crippen molar-refractivity contribution >= 4 is 23.0 Å². The fourth-order valence-corrected chi connectivity index (χ4v) is 2.13. The van der Waals surface area contributed by atoms with E-state index in [4.69, 9.17) is 13.9 Å². The number of hydrogen-bond donors (Lipinski definition) is 1. The molecule has 2 rings (SSSR count). The van der Waals surface area contributed by atoms with Crippen LogP contribution in [-0.4, -0.2) is 42.8 Å². The maximum absolute atomic E-state index is 12.2.